The fourth-order valence-electron chi connectivity index (χ4n) is 3.44. The molecule has 0 saturated heterocycles. The van der Waals surface area contributed by atoms with Crippen LogP contribution in [0.2, 0.25) is 5.02 Å². The van der Waals surface area contributed by atoms with E-state index in [0.29, 0.717) is 21.9 Å². The predicted octanol–water partition coefficient (Wildman–Crippen LogP) is 3.57. The molecule has 36 heavy (non-hydrogen) atoms. The average molecular weight is 507 g/mol. The van der Waals surface area contributed by atoms with Crippen molar-refractivity contribution in [1.29, 1.82) is 0 Å². The molecule has 0 saturated carbocycles. The number of hydrogen-bond acceptors (Lipinski definition) is 6. The van der Waals surface area contributed by atoms with Gasteiger partial charge in [0.05, 0.1) is 7.11 Å². The highest BCUT2D eigenvalue weighted by atomic mass is 35.5. The predicted molar refractivity (Wildman–Crippen MR) is 131 cm³/mol. The van der Waals surface area contributed by atoms with Gasteiger partial charge in [-0.3, -0.25) is 25.4 Å². The van der Waals surface area contributed by atoms with Crippen LogP contribution in [0.5, 0.6) is 5.75 Å². The third-order valence-electron chi connectivity index (χ3n) is 4.99. The molecule has 0 atom stereocenters. The first-order chi connectivity index (χ1) is 17.4. The summed E-state index contributed by atoms with van der Waals surface area (Å²) < 4.78 is 5.32. The van der Waals surface area contributed by atoms with Gasteiger partial charge < -0.3 is 9.84 Å². The number of rotatable bonds is 6. The monoisotopic (exact) mass is 506 g/mol. The van der Waals surface area contributed by atoms with Crippen LogP contribution in [0.1, 0.15) is 20.8 Å². The Morgan fingerprint density at radius 3 is 2.33 bits per heavy atom. The van der Waals surface area contributed by atoms with E-state index >= 15 is 0 Å². The number of benzene rings is 2. The maximum Gasteiger partial charge on any atom is 0.425 e. The zero-order chi connectivity index (χ0) is 25.7. The Kier molecular flexibility index (Phi) is 7.12. The third kappa shape index (κ3) is 5.26. The van der Waals surface area contributed by atoms with Crippen molar-refractivity contribution in [2.24, 2.45) is 0 Å². The van der Waals surface area contributed by atoms with Gasteiger partial charge in [0.2, 0.25) is 0 Å². The molecule has 0 spiro atoms. The lowest BCUT2D eigenvalue weighted by Crippen LogP contribution is -2.43. The van der Waals surface area contributed by atoms with Crippen molar-refractivity contribution < 1.29 is 24.2 Å². The van der Waals surface area contributed by atoms with Crippen LogP contribution in [-0.4, -0.2) is 45.0 Å². The van der Waals surface area contributed by atoms with Crippen LogP contribution >= 0.6 is 11.6 Å². The Morgan fingerprint density at radius 1 is 0.944 bits per heavy atom. The molecule has 0 fully saturated rings. The maximum absolute atomic E-state index is 13.4. The summed E-state index contributed by atoms with van der Waals surface area (Å²) in [7, 11) is 1.49. The second-order valence-electron chi connectivity index (χ2n) is 7.29. The molecule has 0 radical (unpaired) electrons. The molecule has 3 amide bonds. The highest BCUT2D eigenvalue weighted by Gasteiger charge is 2.27. The number of pyridine rings is 1. The Labute approximate surface area is 209 Å². The lowest BCUT2D eigenvalue weighted by Gasteiger charge is -2.12. The molecule has 0 aliphatic rings. The van der Waals surface area contributed by atoms with Crippen LogP contribution in [-0.2, 0) is 0 Å². The summed E-state index contributed by atoms with van der Waals surface area (Å²) in [6.45, 7) is 0. The number of carbonyl (C=O) groups excluding carboxylic acids is 2. The number of hydrazine groups is 1. The first-order valence-corrected chi connectivity index (χ1v) is 10.8. The van der Waals surface area contributed by atoms with Crippen molar-refractivity contribution in [3.05, 3.63) is 89.3 Å². The van der Waals surface area contributed by atoms with Crippen molar-refractivity contribution in [3.63, 3.8) is 0 Å². The average Bonchev–Trinajstić information content (AvgIpc) is 3.26. The summed E-state index contributed by atoms with van der Waals surface area (Å²) >= 11 is 6.18. The topological polar surface area (TPSA) is 147 Å². The zero-order valence-electron chi connectivity index (χ0n) is 18.7. The van der Waals surface area contributed by atoms with Gasteiger partial charge in [-0.2, -0.15) is 9.89 Å². The molecule has 2 heterocycles. The number of carbonyl (C=O) groups is 3. The summed E-state index contributed by atoms with van der Waals surface area (Å²) in [6, 6.07) is 16.5. The van der Waals surface area contributed by atoms with Crippen molar-refractivity contribution in [3.8, 4) is 28.1 Å². The maximum atomic E-state index is 13.4. The van der Waals surface area contributed by atoms with E-state index in [1.165, 1.54) is 31.6 Å². The zero-order valence-corrected chi connectivity index (χ0v) is 19.5. The van der Waals surface area contributed by atoms with Gasteiger partial charge in [0.1, 0.15) is 11.4 Å². The van der Waals surface area contributed by atoms with E-state index in [9.17, 15) is 19.5 Å². The van der Waals surface area contributed by atoms with Crippen LogP contribution in [0.15, 0.2) is 73.1 Å². The molecule has 182 valence electrons. The highest BCUT2D eigenvalue weighted by molar-refractivity contribution is 6.30. The number of aromatic nitrogens is 3. The number of hydrogen-bond donors (Lipinski definition) is 4. The SMILES string of the molecule is COc1cccc(-c2c(-c3cccc(Cl)c3)nn(NC(=O)O)c2C(=O)NNC(=O)c2ccncc2)c1. The van der Waals surface area contributed by atoms with Crippen LogP contribution in [0, 0.1) is 0 Å². The van der Waals surface area contributed by atoms with E-state index in [0.717, 1.165) is 4.79 Å². The first-order valence-electron chi connectivity index (χ1n) is 10.4. The van der Waals surface area contributed by atoms with E-state index in [2.05, 4.69) is 26.4 Å². The molecule has 0 bridgehead atoms. The summed E-state index contributed by atoms with van der Waals surface area (Å²) in [5.41, 5.74) is 8.38. The molecule has 4 N–H and O–H groups in total. The van der Waals surface area contributed by atoms with E-state index in [1.54, 1.807) is 48.5 Å². The van der Waals surface area contributed by atoms with E-state index in [-0.39, 0.29) is 22.5 Å². The molecule has 12 heteroatoms. The fraction of sp³-hybridized carbons (Fsp3) is 0.0417. The summed E-state index contributed by atoms with van der Waals surface area (Å²) in [5.74, 6) is -0.924. The van der Waals surface area contributed by atoms with Gasteiger partial charge in [0, 0.05) is 34.1 Å². The Bertz CT molecular complexity index is 1440. The molecular formula is C24H19ClN6O5. The molecule has 11 nitrogen and oxygen atoms in total. The van der Waals surface area contributed by atoms with Gasteiger partial charge in [0.25, 0.3) is 11.8 Å². The van der Waals surface area contributed by atoms with E-state index in [4.69, 9.17) is 16.3 Å². The number of carboxylic acid groups (broad SMARTS) is 1. The first kappa shape index (κ1) is 24.2. The van der Waals surface area contributed by atoms with E-state index in [1.807, 2.05) is 0 Å². The lowest BCUT2D eigenvalue weighted by atomic mass is 9.98. The van der Waals surface area contributed by atoms with Gasteiger partial charge in [-0.05, 0) is 42.0 Å². The third-order valence-corrected chi connectivity index (χ3v) is 5.23. The van der Waals surface area contributed by atoms with Gasteiger partial charge in [0.15, 0.2) is 5.69 Å². The smallest absolute Gasteiger partial charge is 0.425 e. The summed E-state index contributed by atoms with van der Waals surface area (Å²) in [5, 5.41) is 14.1. The molecule has 2 aromatic heterocycles. The highest BCUT2D eigenvalue weighted by Crippen LogP contribution is 2.36. The Hall–Kier alpha value is -4.90. The number of amides is 3. The number of nitrogens with one attached hydrogen (secondary N) is 3. The number of methoxy groups -OCH3 is 1. The second kappa shape index (κ2) is 10.6. The molecular weight excluding hydrogens is 488 g/mol. The second-order valence-corrected chi connectivity index (χ2v) is 7.72. The van der Waals surface area contributed by atoms with Gasteiger partial charge in [-0.1, -0.05) is 35.9 Å². The van der Waals surface area contributed by atoms with Gasteiger partial charge in [-0.15, -0.1) is 0 Å². The van der Waals surface area contributed by atoms with Crippen molar-refractivity contribution in [2.75, 3.05) is 12.5 Å². The minimum atomic E-state index is -1.46. The minimum absolute atomic E-state index is 0.185. The van der Waals surface area contributed by atoms with Gasteiger partial charge >= 0.3 is 6.09 Å². The van der Waals surface area contributed by atoms with Crippen molar-refractivity contribution in [2.45, 2.75) is 0 Å². The fourth-order valence-corrected chi connectivity index (χ4v) is 3.63. The molecule has 4 rings (SSSR count). The lowest BCUT2D eigenvalue weighted by molar-refractivity contribution is 0.0841. The van der Waals surface area contributed by atoms with Crippen LogP contribution in [0.4, 0.5) is 4.79 Å². The Balaban J connectivity index is 1.84. The van der Waals surface area contributed by atoms with E-state index < -0.39 is 17.9 Å². The molecule has 4 aromatic rings. The molecule has 0 aliphatic carbocycles. The largest absolute Gasteiger partial charge is 0.497 e. The van der Waals surface area contributed by atoms with Crippen molar-refractivity contribution >= 4 is 29.5 Å². The van der Waals surface area contributed by atoms with Crippen LogP contribution in [0.3, 0.4) is 0 Å². The quantitative estimate of drug-likeness (QED) is 0.292. The summed E-state index contributed by atoms with van der Waals surface area (Å²) in [4.78, 5) is 42.0. The van der Waals surface area contributed by atoms with Crippen molar-refractivity contribution in [1.82, 2.24) is 25.7 Å². The Morgan fingerprint density at radius 2 is 1.64 bits per heavy atom. The molecule has 2 aromatic carbocycles. The van der Waals surface area contributed by atoms with Crippen LogP contribution in [0.25, 0.3) is 22.4 Å². The van der Waals surface area contributed by atoms with Crippen LogP contribution < -0.4 is 21.0 Å². The number of halogens is 1. The molecule has 0 unspecified atom stereocenters. The summed E-state index contributed by atoms with van der Waals surface area (Å²) in [6.07, 6.45) is 1.41. The number of nitrogens with zero attached hydrogens (tertiary/aromatic N) is 3. The normalized spacial score (nSPS) is 10.4. The standard InChI is InChI=1S/C24H19ClN6O5/c1-36-18-7-3-4-15(13-18)19-20(16-5-2-6-17(25)12-16)29-31(30-24(34)35)21(19)23(33)28-27-22(32)14-8-10-26-11-9-14/h2-13,30H,1H3,(H,27,32)(H,28,33)(H,34,35). The van der Waals surface area contributed by atoms with Gasteiger partial charge in [-0.25, -0.2) is 10.2 Å². The number of ether oxygens (including phenoxy) is 1. The minimum Gasteiger partial charge on any atom is -0.497 e. The molecule has 0 aliphatic heterocycles.